The molecule has 0 aliphatic carbocycles. The Hall–Kier alpha value is -5.02. The second kappa shape index (κ2) is 39.5. The minimum Gasteiger partial charge on any atom is -0.452 e. The minimum absolute atomic E-state index is 0.00505. The number of carbonyl (C=O) groups excluding carboxylic acids is 7. The molecule has 0 radical (unpaired) electrons. The van der Waals surface area contributed by atoms with Crippen LogP contribution >= 0.6 is 0 Å². The normalized spacial score (nSPS) is 18.9. The van der Waals surface area contributed by atoms with Gasteiger partial charge in [0.15, 0.2) is 17.3 Å². The van der Waals surface area contributed by atoms with Gasteiger partial charge in [-0.15, -0.1) is 0 Å². The molecule has 2 rings (SSSR count). The van der Waals surface area contributed by atoms with Crippen LogP contribution in [0.1, 0.15) is 102 Å². The van der Waals surface area contributed by atoms with Gasteiger partial charge in [-0.25, -0.2) is 10.2 Å². The highest BCUT2D eigenvalue weighted by atomic mass is 16.5. The van der Waals surface area contributed by atoms with E-state index in [-0.39, 0.29) is 64.7 Å². The summed E-state index contributed by atoms with van der Waals surface area (Å²) in [6.45, 7) is 27.9. The van der Waals surface area contributed by atoms with E-state index >= 15 is 0 Å². The van der Waals surface area contributed by atoms with E-state index in [0.29, 0.717) is 32.5 Å². The molecule has 2 aliphatic heterocycles. The van der Waals surface area contributed by atoms with Crippen LogP contribution in [-0.4, -0.2) is 268 Å². The largest absolute Gasteiger partial charge is 0.452 e. The molecule has 12 atom stereocenters. The molecule has 2 heterocycles. The number of hydrogen-bond donors (Lipinski definition) is 7. The van der Waals surface area contributed by atoms with Crippen molar-refractivity contribution in [2.24, 2.45) is 50.8 Å². The number of hydrogen-bond acceptors (Lipinski definition) is 21. The van der Waals surface area contributed by atoms with Crippen molar-refractivity contribution in [1.82, 2.24) is 51.0 Å². The Morgan fingerprint density at radius 1 is 0.519 bits per heavy atom. The molecule has 4 amide bonds. The smallest absolute Gasteiger partial charge is 0.427 e. The van der Waals surface area contributed by atoms with E-state index in [0.717, 1.165) is 39.3 Å². The molecule has 25 heteroatoms. The van der Waals surface area contributed by atoms with Gasteiger partial charge in [0.05, 0.1) is 69.9 Å². The highest BCUT2D eigenvalue weighted by Gasteiger charge is 2.37. The Labute approximate surface area is 484 Å². The molecule has 7 N–H and O–H groups in total. The number of ether oxygens (including phenoxy) is 2. The van der Waals surface area contributed by atoms with E-state index in [2.05, 4.69) is 53.4 Å². The first-order valence-corrected chi connectivity index (χ1v) is 28.3. The third-order valence-electron chi connectivity index (χ3n) is 14.2. The number of piperazine rings is 1. The molecule has 0 aromatic rings. The van der Waals surface area contributed by atoms with Gasteiger partial charge in [-0.3, -0.25) is 53.5 Å². The van der Waals surface area contributed by atoms with Crippen molar-refractivity contribution in [2.45, 2.75) is 157 Å². The number of amides is 4. The fraction of sp³-hybridized carbons (Fsp3) is 0.821. The zero-order chi connectivity index (χ0) is 62.4. The van der Waals surface area contributed by atoms with Crippen LogP contribution in [0.4, 0.5) is 4.79 Å². The standard InChI is InChI=1S/C20H39N5O3.C19H36N4O4.C17H32N4O5/c1-14(2)17(16(4)26)22-20(28)18(23(5)6)19(27)15(3)8-9-21-25-12-10-24(7)11-13-25;1-13(2)16(15(4)24)21-19(26)17(22(5)6)18(25)14(3)7-8-20-23-9-11-27-12-10-23;1-10(2)13(12(4)22)19-16(24)14(21(5)6)15(23)11(3)8-9-18-20-17(25)26-7/h9,14-15,17-19,27H,8,10-13H2,1-7H3,(H,22,28);8,13-14,16-18,25H,7,9-12H2,1-6H3,(H,21,26);9-11,13-15,23H,8H2,1-7H3,(H,19,24)(H,20,25)/b21-9+;20-8+;18-9+/t15-,17-,18-,19-;14-,16-,17-,18-;11-,13-,14-,15-/m111/s1. The van der Waals surface area contributed by atoms with E-state index in [1.807, 2.05) is 71.6 Å². The highest BCUT2D eigenvalue weighted by Crippen LogP contribution is 2.19. The maximum absolute atomic E-state index is 12.8. The average Bonchev–Trinajstić information content (AvgIpc) is 3.41. The Kier molecular flexibility index (Phi) is 37.0. The van der Waals surface area contributed by atoms with Crippen molar-refractivity contribution in [1.29, 1.82) is 0 Å². The lowest BCUT2D eigenvalue weighted by molar-refractivity contribution is -0.135. The fourth-order valence-electron chi connectivity index (χ4n) is 8.97. The van der Waals surface area contributed by atoms with Crippen LogP contribution in [0.2, 0.25) is 0 Å². The number of aliphatic hydroxyl groups excluding tert-OH is 3. The number of nitrogens with one attached hydrogen (secondary N) is 4. The average molecular weight is 1150 g/mol. The minimum atomic E-state index is -0.991. The number of morpholine rings is 1. The predicted octanol–water partition coefficient (Wildman–Crippen LogP) is 0.993. The van der Waals surface area contributed by atoms with E-state index < -0.39 is 66.6 Å². The zero-order valence-electron chi connectivity index (χ0n) is 52.7. The van der Waals surface area contributed by atoms with Crippen LogP contribution in [-0.2, 0) is 38.2 Å². The topological polar surface area (TPSA) is 303 Å². The summed E-state index contributed by atoms with van der Waals surface area (Å²) in [7, 11) is 13.7. The van der Waals surface area contributed by atoms with Gasteiger partial charge in [0.25, 0.3) is 0 Å². The van der Waals surface area contributed by atoms with Gasteiger partial charge in [-0.2, -0.15) is 15.3 Å². The molecule has 468 valence electrons. The number of methoxy groups -OCH3 is 1. The van der Waals surface area contributed by atoms with Crippen molar-refractivity contribution in [3.63, 3.8) is 0 Å². The van der Waals surface area contributed by atoms with Crippen LogP contribution in [0.25, 0.3) is 0 Å². The summed E-state index contributed by atoms with van der Waals surface area (Å²) in [4.78, 5) is 91.7. The number of likely N-dealkylation sites (N-methyl/N-ethyl adjacent to an activating group) is 4. The van der Waals surface area contributed by atoms with Crippen molar-refractivity contribution in [3.05, 3.63) is 0 Å². The lowest BCUT2D eigenvalue weighted by atomic mass is 9.93. The molecule has 0 saturated carbocycles. The van der Waals surface area contributed by atoms with E-state index in [4.69, 9.17) is 4.74 Å². The van der Waals surface area contributed by atoms with Crippen LogP contribution in [0, 0.1) is 35.5 Å². The first-order chi connectivity index (χ1) is 37.7. The number of rotatable bonds is 30. The molecule has 0 aromatic carbocycles. The molecular weight excluding hydrogens is 1050 g/mol. The molecule has 0 spiro atoms. The second-order valence-corrected chi connectivity index (χ2v) is 23.2. The number of aliphatic hydroxyl groups is 3. The molecular formula is C56H107N13O12. The zero-order valence-corrected chi connectivity index (χ0v) is 52.7. The summed E-state index contributed by atoms with van der Waals surface area (Å²) in [5.74, 6) is -2.06. The third kappa shape index (κ3) is 28.7. The monoisotopic (exact) mass is 1150 g/mol. The van der Waals surface area contributed by atoms with Crippen LogP contribution in [0.15, 0.2) is 15.3 Å². The number of Topliss-reactive ketones (excluding diaryl/α,β-unsaturated/α-hetero) is 3. The SMILES string of the molecule is CC(=O)[C@H](NC(=O)[C@@H]([C@H](O)[C@H](C)C/C=N/N1CCN(C)CC1)N(C)C)C(C)C.CC(=O)[C@H](NC(=O)[C@@H]([C@H](O)[C@H](C)C/C=N/N1CCOCC1)N(C)C)C(C)C.COC(=O)N/N=C/C[C@@H](C)[C@@H](O)[C@H](C(=O)N[C@@H](C(C)=O)C(C)C)N(C)C. The summed E-state index contributed by atoms with van der Waals surface area (Å²) in [5, 5.41) is 57.1. The first kappa shape index (κ1) is 76.0. The Morgan fingerprint density at radius 3 is 1.09 bits per heavy atom. The van der Waals surface area contributed by atoms with Gasteiger partial charge in [-0.05, 0) is 125 Å². The quantitative estimate of drug-likeness (QED) is 0.0390. The van der Waals surface area contributed by atoms with Crippen LogP contribution < -0.4 is 21.4 Å². The Morgan fingerprint density at radius 2 is 0.815 bits per heavy atom. The summed E-state index contributed by atoms with van der Waals surface area (Å²) in [5.41, 5.74) is 2.15. The number of carbonyl (C=O) groups is 7. The first-order valence-electron chi connectivity index (χ1n) is 28.3. The molecule has 81 heavy (non-hydrogen) atoms. The Bertz CT molecular complexity index is 1980. The van der Waals surface area contributed by atoms with Crippen LogP contribution in [0.5, 0.6) is 0 Å². The van der Waals surface area contributed by atoms with Crippen molar-refractivity contribution in [2.75, 3.05) is 109 Å². The fourth-order valence-corrected chi connectivity index (χ4v) is 8.97. The van der Waals surface area contributed by atoms with Crippen molar-refractivity contribution < 1.29 is 58.4 Å². The summed E-state index contributed by atoms with van der Waals surface area (Å²) in [6, 6.07) is -3.99. The lowest BCUT2D eigenvalue weighted by Crippen LogP contribution is -2.56. The number of hydrazone groups is 3. The molecule has 25 nitrogen and oxygen atoms in total. The van der Waals surface area contributed by atoms with Crippen LogP contribution in [0.3, 0.4) is 0 Å². The van der Waals surface area contributed by atoms with Crippen molar-refractivity contribution >= 4 is 59.8 Å². The van der Waals surface area contributed by atoms with Gasteiger partial charge in [0, 0.05) is 44.8 Å². The van der Waals surface area contributed by atoms with Crippen molar-refractivity contribution in [3.8, 4) is 0 Å². The molecule has 2 fully saturated rings. The van der Waals surface area contributed by atoms with Gasteiger partial charge in [0.1, 0.15) is 18.1 Å². The highest BCUT2D eigenvalue weighted by molar-refractivity contribution is 5.91. The van der Waals surface area contributed by atoms with E-state index in [9.17, 15) is 48.9 Å². The summed E-state index contributed by atoms with van der Waals surface area (Å²) < 4.78 is 9.67. The van der Waals surface area contributed by atoms with E-state index in [1.54, 1.807) is 70.1 Å². The van der Waals surface area contributed by atoms with E-state index in [1.165, 1.54) is 34.1 Å². The summed E-state index contributed by atoms with van der Waals surface area (Å²) in [6.07, 6.45) is 3.09. The Balaban J connectivity index is 0.00000119. The van der Waals surface area contributed by atoms with Gasteiger partial charge >= 0.3 is 6.09 Å². The molecule has 2 saturated heterocycles. The predicted molar refractivity (Wildman–Crippen MR) is 317 cm³/mol. The third-order valence-corrected chi connectivity index (χ3v) is 14.2. The molecule has 2 aliphatic rings. The molecule has 0 aromatic heterocycles. The molecule has 0 unspecified atom stereocenters. The van der Waals surface area contributed by atoms with Gasteiger partial charge in [0.2, 0.25) is 17.7 Å². The lowest BCUT2D eigenvalue weighted by Gasteiger charge is -2.33. The second-order valence-electron chi connectivity index (χ2n) is 23.2. The number of ketones is 3. The number of nitrogens with zero attached hydrogens (tertiary/aromatic N) is 9. The maximum Gasteiger partial charge on any atom is 0.427 e. The maximum atomic E-state index is 12.8. The molecule has 0 bridgehead atoms. The summed E-state index contributed by atoms with van der Waals surface area (Å²) >= 11 is 0. The van der Waals surface area contributed by atoms with Gasteiger partial charge in [-0.1, -0.05) is 62.3 Å². The van der Waals surface area contributed by atoms with Gasteiger partial charge < -0.3 is 45.6 Å².